The second-order valence-electron chi connectivity index (χ2n) is 25.4. The average molecular weight is 957 g/mol. The number of rotatable bonds is 30. The van der Waals surface area contributed by atoms with Crippen molar-refractivity contribution in [3.63, 3.8) is 0 Å². The first kappa shape index (κ1) is 55.6. The molecule has 0 aromatic heterocycles. The van der Waals surface area contributed by atoms with Crippen molar-refractivity contribution in [2.75, 3.05) is 0 Å². The molecular weight excluding hydrogens is 854 g/mol. The Morgan fingerprint density at radius 1 is 0.457 bits per heavy atom. The van der Waals surface area contributed by atoms with E-state index in [9.17, 15) is 0 Å². The molecule has 0 bridgehead atoms. The summed E-state index contributed by atoms with van der Waals surface area (Å²) in [5, 5.41) is 0. The van der Waals surface area contributed by atoms with Gasteiger partial charge in [-0.3, -0.25) is 0 Å². The first-order chi connectivity index (χ1) is 33.5. The Bertz CT molecular complexity index is 2010. The maximum atomic E-state index is 6.87. The molecule has 388 valence electrons. The molecule has 2 heterocycles. The molecule has 2 saturated heterocycles. The highest BCUT2D eigenvalue weighted by Crippen LogP contribution is 2.72. The fourth-order valence-electron chi connectivity index (χ4n) is 13.6. The molecule has 70 heavy (non-hydrogen) atoms. The summed E-state index contributed by atoms with van der Waals surface area (Å²) in [6, 6.07) is 14.9. The number of hydrogen-bond donors (Lipinski definition) is 0. The molecule has 7 rings (SSSR count). The Morgan fingerprint density at radius 2 is 0.843 bits per heavy atom. The molecule has 0 amide bonds. The summed E-state index contributed by atoms with van der Waals surface area (Å²) in [5.41, 5.74) is 12.3. The standard InChI is InChI=1S/C64H102B2O4/c1-13-17-21-25-29-33-41-63(42-34-30-26-22-18-14-2)55-45-49-37-39-52(66-69-61(9,10)62(11,12)70-66)48-54(49)58(55)64(43-35-31-27-23-19-15-3,44-36-32-28-24-20-16-4)56-46-50-38-40-51(47-53(50)57(56)63)65-67-59(5,6)60(7,8)68-65/h37-40,45,47-48,58H,13-36,41-44,46H2,1-12H3. The van der Waals surface area contributed by atoms with Crippen molar-refractivity contribution in [1.29, 1.82) is 0 Å². The molecule has 2 fully saturated rings. The van der Waals surface area contributed by atoms with Gasteiger partial charge >= 0.3 is 14.2 Å². The first-order valence-electron chi connectivity index (χ1n) is 30.0. The quantitative estimate of drug-likeness (QED) is 0.0578. The summed E-state index contributed by atoms with van der Waals surface area (Å²) in [6.45, 7) is 27.0. The largest absolute Gasteiger partial charge is 0.494 e. The van der Waals surface area contributed by atoms with E-state index in [2.05, 4.69) is 126 Å². The highest BCUT2D eigenvalue weighted by Gasteiger charge is 2.60. The lowest BCUT2D eigenvalue weighted by Crippen LogP contribution is -2.43. The van der Waals surface area contributed by atoms with Crippen molar-refractivity contribution in [3.8, 4) is 0 Å². The van der Waals surface area contributed by atoms with Gasteiger partial charge in [-0.2, -0.15) is 0 Å². The van der Waals surface area contributed by atoms with Crippen LogP contribution < -0.4 is 10.9 Å². The Kier molecular flexibility index (Phi) is 19.1. The molecule has 1 unspecified atom stereocenters. The highest BCUT2D eigenvalue weighted by atomic mass is 16.7. The van der Waals surface area contributed by atoms with Crippen LogP contribution in [0.2, 0.25) is 0 Å². The molecule has 0 saturated carbocycles. The van der Waals surface area contributed by atoms with Crippen LogP contribution in [0.4, 0.5) is 0 Å². The van der Waals surface area contributed by atoms with Gasteiger partial charge in [0.15, 0.2) is 0 Å². The first-order valence-corrected chi connectivity index (χ1v) is 30.0. The molecule has 1 atom stereocenters. The lowest BCUT2D eigenvalue weighted by Gasteiger charge is -2.55. The van der Waals surface area contributed by atoms with Crippen LogP contribution in [0.5, 0.6) is 0 Å². The fourth-order valence-corrected chi connectivity index (χ4v) is 13.6. The molecule has 4 nitrogen and oxygen atoms in total. The second kappa shape index (κ2) is 24.0. The van der Waals surface area contributed by atoms with Crippen LogP contribution in [0, 0.1) is 10.8 Å². The summed E-state index contributed by atoms with van der Waals surface area (Å²) >= 11 is 0. The lowest BCUT2D eigenvalue weighted by atomic mass is 9.48. The smallest absolute Gasteiger partial charge is 0.399 e. The summed E-state index contributed by atoms with van der Waals surface area (Å²) in [4.78, 5) is 0. The zero-order valence-corrected chi connectivity index (χ0v) is 47.4. The van der Waals surface area contributed by atoms with E-state index in [1.165, 1.54) is 202 Å². The molecule has 2 aromatic carbocycles. The van der Waals surface area contributed by atoms with Gasteiger partial charge in [-0.15, -0.1) is 0 Å². The Hall–Kier alpha value is -2.11. The maximum Gasteiger partial charge on any atom is 0.494 e. The van der Waals surface area contributed by atoms with Crippen molar-refractivity contribution in [2.24, 2.45) is 10.8 Å². The summed E-state index contributed by atoms with van der Waals surface area (Å²) in [6.07, 6.45) is 40.7. The van der Waals surface area contributed by atoms with Crippen LogP contribution in [0.3, 0.4) is 0 Å². The lowest BCUT2D eigenvalue weighted by molar-refractivity contribution is 0.00578. The van der Waals surface area contributed by atoms with Gasteiger partial charge in [-0.05, 0) is 126 Å². The van der Waals surface area contributed by atoms with E-state index >= 15 is 0 Å². The molecular formula is C64H102B2O4. The summed E-state index contributed by atoms with van der Waals surface area (Å²) in [7, 11) is -0.744. The summed E-state index contributed by atoms with van der Waals surface area (Å²) in [5.74, 6) is 0.354. The molecule has 5 aliphatic rings. The molecule has 0 N–H and O–H groups in total. The van der Waals surface area contributed by atoms with Gasteiger partial charge in [0.1, 0.15) is 0 Å². The van der Waals surface area contributed by atoms with E-state index in [-0.39, 0.29) is 47.5 Å². The zero-order valence-electron chi connectivity index (χ0n) is 47.4. The van der Waals surface area contributed by atoms with E-state index in [0.717, 1.165) is 6.42 Å². The molecule has 2 aliphatic heterocycles. The predicted octanol–water partition coefficient (Wildman–Crippen LogP) is 17.8. The molecule has 6 heteroatoms. The number of unbranched alkanes of at least 4 members (excludes halogenated alkanes) is 20. The minimum atomic E-state index is -0.388. The Morgan fingerprint density at radius 3 is 1.29 bits per heavy atom. The number of fused-ring (bicyclic) bond motifs is 5. The van der Waals surface area contributed by atoms with E-state index < -0.39 is 0 Å². The molecule has 0 radical (unpaired) electrons. The van der Waals surface area contributed by atoms with Crippen molar-refractivity contribution >= 4 is 36.8 Å². The summed E-state index contributed by atoms with van der Waals surface area (Å²) < 4.78 is 27.5. The van der Waals surface area contributed by atoms with Crippen molar-refractivity contribution in [3.05, 3.63) is 69.8 Å². The normalized spacial score (nSPS) is 21.8. The highest BCUT2D eigenvalue weighted by molar-refractivity contribution is 6.62. The SMILES string of the molecule is CCCCCCCCC1(CCCCCCCC)C2=Cc3ccc(B4OC(C)(C)C(C)(C)O4)cc3C2C(CCCCCCCC)(CCCCCCCC)C2=C1c1cc(B3OC(C)(C)C(C)(C)O3)ccc1C2. The van der Waals surface area contributed by atoms with Crippen LogP contribution in [0.1, 0.15) is 291 Å². The molecule has 0 spiro atoms. The van der Waals surface area contributed by atoms with E-state index in [4.69, 9.17) is 18.6 Å². The molecule has 2 aromatic rings. The number of hydrogen-bond acceptors (Lipinski definition) is 4. The third-order valence-electron chi connectivity index (χ3n) is 19.2. The van der Waals surface area contributed by atoms with Crippen LogP contribution in [-0.2, 0) is 25.0 Å². The maximum absolute atomic E-state index is 6.87. The van der Waals surface area contributed by atoms with Gasteiger partial charge in [0.25, 0.3) is 0 Å². The van der Waals surface area contributed by atoms with Gasteiger partial charge in [0.2, 0.25) is 0 Å². The van der Waals surface area contributed by atoms with E-state index in [1.54, 1.807) is 22.3 Å². The van der Waals surface area contributed by atoms with E-state index in [0.29, 0.717) is 5.92 Å². The number of benzene rings is 2. The van der Waals surface area contributed by atoms with Crippen LogP contribution >= 0.6 is 0 Å². The Balaban J connectivity index is 1.44. The monoisotopic (exact) mass is 957 g/mol. The van der Waals surface area contributed by atoms with Crippen molar-refractivity contribution < 1.29 is 18.6 Å². The van der Waals surface area contributed by atoms with Crippen molar-refractivity contribution in [2.45, 2.75) is 298 Å². The topological polar surface area (TPSA) is 36.9 Å². The molecule has 3 aliphatic carbocycles. The minimum Gasteiger partial charge on any atom is -0.399 e. The second-order valence-corrected chi connectivity index (χ2v) is 25.4. The van der Waals surface area contributed by atoms with Gasteiger partial charge in [0, 0.05) is 16.7 Å². The van der Waals surface area contributed by atoms with Gasteiger partial charge < -0.3 is 18.6 Å². The van der Waals surface area contributed by atoms with Crippen LogP contribution in [0.15, 0.2) is 47.5 Å². The van der Waals surface area contributed by atoms with Gasteiger partial charge in [-0.25, -0.2) is 0 Å². The third kappa shape index (κ3) is 11.7. The van der Waals surface area contributed by atoms with Crippen LogP contribution in [-0.4, -0.2) is 36.6 Å². The van der Waals surface area contributed by atoms with Gasteiger partial charge in [0.05, 0.1) is 22.4 Å². The van der Waals surface area contributed by atoms with Crippen LogP contribution in [0.25, 0.3) is 11.6 Å². The fraction of sp³-hybridized carbons (Fsp3) is 0.750. The Labute approximate surface area is 431 Å². The zero-order chi connectivity index (χ0) is 50.2. The average Bonchev–Trinajstić information content (AvgIpc) is 4.03. The van der Waals surface area contributed by atoms with Gasteiger partial charge in [-0.1, -0.05) is 235 Å². The predicted molar refractivity (Wildman–Crippen MR) is 302 cm³/mol. The third-order valence-corrected chi connectivity index (χ3v) is 19.2. The minimum absolute atomic E-state index is 0.0335. The number of allylic oxidation sites excluding steroid dienone is 3. The van der Waals surface area contributed by atoms with E-state index in [1.807, 2.05) is 5.57 Å². The van der Waals surface area contributed by atoms with Crippen molar-refractivity contribution in [1.82, 2.24) is 0 Å².